The van der Waals surface area contributed by atoms with E-state index in [1.807, 2.05) is 0 Å². The zero-order valence-electron chi connectivity index (χ0n) is 10.8. The van der Waals surface area contributed by atoms with Crippen LogP contribution in [0.3, 0.4) is 0 Å². The summed E-state index contributed by atoms with van der Waals surface area (Å²) in [5.74, 6) is -1.10. The number of alkyl halides is 3. The minimum absolute atomic E-state index is 0.241. The van der Waals surface area contributed by atoms with Gasteiger partial charge in [0.1, 0.15) is 12.6 Å². The van der Waals surface area contributed by atoms with E-state index in [0.29, 0.717) is 0 Å². The van der Waals surface area contributed by atoms with Crippen LogP contribution in [0.25, 0.3) is 0 Å². The molecule has 0 aromatic carbocycles. The Morgan fingerprint density at radius 2 is 1.89 bits per heavy atom. The van der Waals surface area contributed by atoms with Gasteiger partial charge in [0.25, 0.3) is 0 Å². The fourth-order valence-electron chi connectivity index (χ4n) is 1.35. The average Bonchev–Trinajstić information content (AvgIpc) is 2.30. The van der Waals surface area contributed by atoms with Crippen LogP contribution in [0, 0.1) is 5.41 Å². The van der Waals surface area contributed by atoms with Crippen molar-refractivity contribution < 1.29 is 32.2 Å². The summed E-state index contributed by atoms with van der Waals surface area (Å²) in [4.78, 5) is 22.6. The van der Waals surface area contributed by atoms with Gasteiger partial charge in [0.05, 0.1) is 12.5 Å². The number of rotatable bonds is 5. The number of halogens is 3. The van der Waals surface area contributed by atoms with Gasteiger partial charge in [-0.1, -0.05) is 12.7 Å². The molecule has 0 rings (SSSR count). The first-order valence-corrected chi connectivity index (χ1v) is 5.26. The summed E-state index contributed by atoms with van der Waals surface area (Å²) in [6.45, 7) is 5.05. The predicted molar refractivity (Wildman–Crippen MR) is 60.3 cm³/mol. The van der Waals surface area contributed by atoms with Crippen LogP contribution in [0.1, 0.15) is 13.8 Å². The average molecular weight is 283 g/mol. The van der Waals surface area contributed by atoms with Gasteiger partial charge in [0.15, 0.2) is 0 Å². The molecule has 0 spiro atoms. The lowest BCUT2D eigenvalue weighted by Gasteiger charge is -2.33. The van der Waals surface area contributed by atoms with Gasteiger partial charge in [-0.05, 0) is 13.8 Å². The number of hydrogen-bond acceptors (Lipinski definition) is 4. The Labute approximate surface area is 108 Å². The van der Waals surface area contributed by atoms with Crippen LogP contribution in [0.2, 0.25) is 0 Å². The standard InChI is InChI=1S/C11H16F3NO4/c1-5-6-19-9(17)15-7(11(12,13)14)10(2,3)8(16)18-4/h5,7H,1,6H2,2-4H3,(H,15,17). The first-order valence-electron chi connectivity index (χ1n) is 5.26. The minimum atomic E-state index is -4.83. The van der Waals surface area contributed by atoms with Gasteiger partial charge in [-0.3, -0.25) is 4.79 Å². The molecule has 0 heterocycles. The van der Waals surface area contributed by atoms with Gasteiger partial charge in [0, 0.05) is 0 Å². The minimum Gasteiger partial charge on any atom is -0.469 e. The molecule has 1 amide bonds. The lowest BCUT2D eigenvalue weighted by atomic mass is 9.84. The van der Waals surface area contributed by atoms with Gasteiger partial charge < -0.3 is 14.8 Å². The third-order valence-corrected chi connectivity index (χ3v) is 2.35. The van der Waals surface area contributed by atoms with Crippen LogP contribution in [0.15, 0.2) is 12.7 Å². The predicted octanol–water partition coefficient (Wildman–Crippen LogP) is 2.03. The first kappa shape index (κ1) is 17.3. The van der Waals surface area contributed by atoms with E-state index in [1.54, 1.807) is 5.32 Å². The van der Waals surface area contributed by atoms with E-state index in [4.69, 9.17) is 0 Å². The monoisotopic (exact) mass is 283 g/mol. The van der Waals surface area contributed by atoms with E-state index in [-0.39, 0.29) is 6.61 Å². The van der Waals surface area contributed by atoms with Crippen molar-refractivity contribution in [2.45, 2.75) is 26.1 Å². The Bertz CT molecular complexity index is 352. The molecule has 0 aliphatic heterocycles. The number of nitrogens with one attached hydrogen (secondary N) is 1. The quantitative estimate of drug-likeness (QED) is 0.619. The molecule has 0 saturated carbocycles. The van der Waals surface area contributed by atoms with E-state index < -0.39 is 29.7 Å². The molecule has 0 aromatic rings. The molecule has 8 heteroatoms. The van der Waals surface area contributed by atoms with E-state index in [0.717, 1.165) is 21.0 Å². The maximum Gasteiger partial charge on any atom is 0.409 e. The lowest BCUT2D eigenvalue weighted by Crippen LogP contribution is -2.57. The Balaban J connectivity index is 5.08. The van der Waals surface area contributed by atoms with Gasteiger partial charge in [-0.2, -0.15) is 13.2 Å². The smallest absolute Gasteiger partial charge is 0.409 e. The van der Waals surface area contributed by atoms with E-state index in [1.165, 1.54) is 6.08 Å². The largest absolute Gasteiger partial charge is 0.469 e. The molecule has 19 heavy (non-hydrogen) atoms. The van der Waals surface area contributed by atoms with Crippen LogP contribution in [-0.2, 0) is 14.3 Å². The fraction of sp³-hybridized carbons (Fsp3) is 0.636. The molecule has 1 atom stereocenters. The second-order valence-electron chi connectivity index (χ2n) is 4.22. The molecule has 1 N–H and O–H groups in total. The van der Waals surface area contributed by atoms with Crippen molar-refractivity contribution in [3.63, 3.8) is 0 Å². The maximum absolute atomic E-state index is 12.9. The second kappa shape index (κ2) is 6.44. The molecule has 0 saturated heterocycles. The third-order valence-electron chi connectivity index (χ3n) is 2.35. The number of alkyl carbamates (subject to hydrolysis) is 1. The van der Waals surface area contributed by atoms with Crippen molar-refractivity contribution in [3.05, 3.63) is 12.7 Å². The normalized spacial score (nSPS) is 13.4. The first-order chi connectivity index (χ1) is 8.57. The van der Waals surface area contributed by atoms with E-state index >= 15 is 0 Å². The summed E-state index contributed by atoms with van der Waals surface area (Å²) in [7, 11) is 0.966. The van der Waals surface area contributed by atoms with E-state index in [9.17, 15) is 22.8 Å². The summed E-state index contributed by atoms with van der Waals surface area (Å²) in [5, 5.41) is 1.61. The van der Waals surface area contributed by atoms with Crippen molar-refractivity contribution >= 4 is 12.1 Å². The molecule has 0 fully saturated rings. The Morgan fingerprint density at radius 3 is 2.26 bits per heavy atom. The molecule has 0 radical (unpaired) electrons. The highest BCUT2D eigenvalue weighted by Gasteiger charge is 2.54. The number of methoxy groups -OCH3 is 1. The van der Waals surface area contributed by atoms with Gasteiger partial charge in [-0.15, -0.1) is 0 Å². The molecular formula is C11H16F3NO4. The van der Waals surface area contributed by atoms with Crippen LogP contribution in [0.5, 0.6) is 0 Å². The molecule has 5 nitrogen and oxygen atoms in total. The van der Waals surface area contributed by atoms with Gasteiger partial charge >= 0.3 is 18.2 Å². The summed E-state index contributed by atoms with van der Waals surface area (Å²) in [6, 6.07) is -2.43. The van der Waals surface area contributed by atoms with Crippen LogP contribution in [0.4, 0.5) is 18.0 Å². The molecule has 0 aromatic heterocycles. The number of ether oxygens (including phenoxy) is 2. The Hall–Kier alpha value is -1.73. The topological polar surface area (TPSA) is 64.6 Å². The Morgan fingerprint density at radius 1 is 1.37 bits per heavy atom. The van der Waals surface area contributed by atoms with E-state index in [2.05, 4.69) is 16.1 Å². The maximum atomic E-state index is 12.9. The highest BCUT2D eigenvalue weighted by Crippen LogP contribution is 2.34. The van der Waals surface area contributed by atoms with Crippen molar-refractivity contribution in [1.82, 2.24) is 5.32 Å². The molecule has 0 aliphatic rings. The summed E-state index contributed by atoms with van der Waals surface area (Å²) >= 11 is 0. The number of hydrogen-bond donors (Lipinski definition) is 1. The fourth-order valence-corrected chi connectivity index (χ4v) is 1.35. The molecule has 0 bridgehead atoms. The molecule has 110 valence electrons. The number of amides is 1. The summed E-state index contributed by atoms with van der Waals surface area (Å²) in [5.41, 5.74) is -1.99. The number of esters is 1. The molecule has 0 aliphatic carbocycles. The number of carbonyl (C=O) groups excluding carboxylic acids is 2. The lowest BCUT2D eigenvalue weighted by molar-refractivity contribution is -0.192. The molecule has 1 unspecified atom stereocenters. The van der Waals surface area contributed by atoms with Gasteiger partial charge in [0.2, 0.25) is 0 Å². The zero-order valence-corrected chi connectivity index (χ0v) is 10.8. The summed E-state index contributed by atoms with van der Waals surface area (Å²) < 4.78 is 47.4. The van der Waals surface area contributed by atoms with Crippen molar-refractivity contribution in [2.75, 3.05) is 13.7 Å². The molecular weight excluding hydrogens is 267 g/mol. The Kier molecular flexibility index (Phi) is 5.85. The van der Waals surface area contributed by atoms with Crippen molar-refractivity contribution in [2.24, 2.45) is 5.41 Å². The van der Waals surface area contributed by atoms with Crippen LogP contribution >= 0.6 is 0 Å². The highest BCUT2D eigenvalue weighted by molar-refractivity contribution is 5.78. The van der Waals surface area contributed by atoms with Crippen LogP contribution < -0.4 is 5.32 Å². The summed E-state index contributed by atoms with van der Waals surface area (Å²) in [6.07, 6.45) is -4.92. The van der Waals surface area contributed by atoms with Gasteiger partial charge in [-0.25, -0.2) is 4.79 Å². The zero-order chi connectivity index (χ0) is 15.3. The third kappa shape index (κ3) is 4.80. The van der Waals surface area contributed by atoms with Crippen LogP contribution in [-0.4, -0.2) is 38.0 Å². The second-order valence-corrected chi connectivity index (χ2v) is 4.22. The van der Waals surface area contributed by atoms with Crippen molar-refractivity contribution in [3.8, 4) is 0 Å². The SMILES string of the molecule is C=CCOC(=O)NC(C(F)(F)F)C(C)(C)C(=O)OC. The highest BCUT2D eigenvalue weighted by atomic mass is 19.4. The number of carbonyl (C=O) groups is 2. The van der Waals surface area contributed by atoms with Crippen molar-refractivity contribution in [1.29, 1.82) is 0 Å².